The van der Waals surface area contributed by atoms with Crippen LogP contribution in [0.5, 0.6) is 0 Å². The summed E-state index contributed by atoms with van der Waals surface area (Å²) < 4.78 is 0. The molecule has 0 aromatic rings. The number of hydrogen-bond acceptors (Lipinski definition) is 2. The summed E-state index contributed by atoms with van der Waals surface area (Å²) in [7, 11) is 0. The average Bonchev–Trinajstić information content (AvgIpc) is 2.34. The number of nitrogens with zero attached hydrogens (tertiary/aromatic N) is 1. The van der Waals surface area contributed by atoms with Crippen molar-refractivity contribution in [1.82, 2.24) is 4.90 Å². The van der Waals surface area contributed by atoms with Gasteiger partial charge in [-0.3, -0.25) is 0 Å². The van der Waals surface area contributed by atoms with E-state index in [0.717, 1.165) is 5.03 Å². The number of fused-ring (bicyclic) bond motifs is 1. The van der Waals surface area contributed by atoms with Gasteiger partial charge in [0.25, 0.3) is 0 Å². The second kappa shape index (κ2) is 2.06. The van der Waals surface area contributed by atoms with Gasteiger partial charge in [-0.15, -0.1) is 0 Å². The van der Waals surface area contributed by atoms with Crippen molar-refractivity contribution in [3.63, 3.8) is 0 Å². The third kappa shape index (κ3) is 0.727. The van der Waals surface area contributed by atoms with E-state index in [9.17, 15) is 0 Å². The van der Waals surface area contributed by atoms with E-state index >= 15 is 0 Å². The van der Waals surface area contributed by atoms with Crippen LogP contribution < -0.4 is 0 Å². The molecule has 0 fully saturated rings. The van der Waals surface area contributed by atoms with E-state index in [4.69, 9.17) is 0 Å². The van der Waals surface area contributed by atoms with E-state index in [-0.39, 0.29) is 0 Å². The highest BCUT2D eigenvalue weighted by Crippen LogP contribution is 2.34. The highest BCUT2D eigenvalue weighted by Gasteiger charge is 2.15. The maximum absolute atomic E-state index is 3.89. The Morgan fingerprint density at radius 3 is 3.10 bits per heavy atom. The summed E-state index contributed by atoms with van der Waals surface area (Å²) in [5, 5.41) is 3.18. The quantitative estimate of drug-likeness (QED) is 0.520. The van der Waals surface area contributed by atoms with Crippen LogP contribution in [0.1, 0.15) is 0 Å². The van der Waals surface area contributed by atoms with Crippen molar-refractivity contribution >= 4 is 11.8 Å². The molecule has 0 saturated carbocycles. The molecule has 2 heteroatoms. The zero-order chi connectivity index (χ0) is 6.97. The molecule has 50 valence electrons. The van der Waals surface area contributed by atoms with Crippen LogP contribution >= 0.6 is 11.8 Å². The third-order valence-electron chi connectivity index (χ3n) is 1.48. The Morgan fingerprint density at radius 2 is 2.30 bits per heavy atom. The second-order valence-electron chi connectivity index (χ2n) is 2.12. The lowest BCUT2D eigenvalue weighted by Gasteiger charge is -2.17. The van der Waals surface area contributed by atoms with Crippen molar-refractivity contribution in [1.29, 1.82) is 0 Å². The molecule has 2 aliphatic heterocycles. The topological polar surface area (TPSA) is 3.24 Å². The fraction of sp³-hybridized carbons (Fsp3) is 0. The highest BCUT2D eigenvalue weighted by molar-refractivity contribution is 8.06. The Hall–Kier alpha value is -0.890. The molecule has 0 unspecified atom stereocenters. The molecule has 0 amide bonds. The number of hydrogen-bond donors (Lipinski definition) is 0. The van der Waals surface area contributed by atoms with Gasteiger partial charge in [0.2, 0.25) is 0 Å². The third-order valence-corrected chi connectivity index (χ3v) is 2.30. The molecule has 0 atom stereocenters. The van der Waals surface area contributed by atoms with Gasteiger partial charge in [-0.2, -0.15) is 0 Å². The smallest absolute Gasteiger partial charge is 0.0763 e. The van der Waals surface area contributed by atoms with Crippen LogP contribution in [0.3, 0.4) is 0 Å². The summed E-state index contributed by atoms with van der Waals surface area (Å²) >= 11 is 1.67. The van der Waals surface area contributed by atoms with Crippen molar-refractivity contribution < 1.29 is 0 Å². The van der Waals surface area contributed by atoms with Gasteiger partial charge in [-0.1, -0.05) is 24.4 Å². The fourth-order valence-corrected chi connectivity index (χ4v) is 1.69. The Balaban J connectivity index is 2.39. The van der Waals surface area contributed by atoms with E-state index in [1.807, 2.05) is 18.4 Å². The van der Waals surface area contributed by atoms with Crippen molar-refractivity contribution in [3.05, 3.63) is 47.1 Å². The SMILES string of the molecule is C=C1SC=C2C=CC=CN12. The summed E-state index contributed by atoms with van der Waals surface area (Å²) in [4.78, 5) is 2.07. The van der Waals surface area contributed by atoms with Crippen molar-refractivity contribution in [2.75, 3.05) is 0 Å². The Morgan fingerprint density at radius 1 is 1.40 bits per heavy atom. The molecular formula is C8H7NS. The van der Waals surface area contributed by atoms with Gasteiger partial charge in [0.05, 0.1) is 10.7 Å². The van der Waals surface area contributed by atoms with Crippen LogP contribution in [0.15, 0.2) is 47.1 Å². The van der Waals surface area contributed by atoms with Gasteiger partial charge in [0.1, 0.15) is 0 Å². The normalized spacial score (nSPS) is 21.4. The largest absolute Gasteiger partial charge is 0.311 e. The lowest BCUT2D eigenvalue weighted by atomic mass is 10.3. The molecule has 0 aromatic heterocycles. The Bertz CT molecular complexity index is 260. The molecule has 0 radical (unpaired) electrons. The first-order chi connectivity index (χ1) is 4.88. The molecule has 2 aliphatic rings. The molecule has 2 heterocycles. The monoisotopic (exact) mass is 149 g/mol. The molecule has 1 nitrogen and oxygen atoms in total. The first-order valence-corrected chi connectivity index (χ1v) is 3.96. The molecule has 10 heavy (non-hydrogen) atoms. The first-order valence-electron chi connectivity index (χ1n) is 3.08. The van der Waals surface area contributed by atoms with Gasteiger partial charge in [-0.25, -0.2) is 0 Å². The molecule has 0 bridgehead atoms. The molecule has 0 N–H and O–H groups in total. The van der Waals surface area contributed by atoms with E-state index in [2.05, 4.69) is 23.0 Å². The maximum atomic E-state index is 3.89. The van der Waals surface area contributed by atoms with Gasteiger partial charge in [0, 0.05) is 11.6 Å². The van der Waals surface area contributed by atoms with Crippen molar-refractivity contribution in [3.8, 4) is 0 Å². The van der Waals surface area contributed by atoms with Crippen LogP contribution in [0.4, 0.5) is 0 Å². The van der Waals surface area contributed by atoms with Crippen LogP contribution in [-0.2, 0) is 0 Å². The summed E-state index contributed by atoms with van der Waals surface area (Å²) in [6, 6.07) is 0. The number of thioether (sulfide) groups is 1. The zero-order valence-corrected chi connectivity index (χ0v) is 6.27. The molecule has 0 spiro atoms. The van der Waals surface area contributed by atoms with E-state index in [1.165, 1.54) is 5.70 Å². The standard InChI is InChI=1S/C8H7NS/c1-7-9-5-3-2-4-8(9)6-10-7/h2-6H,1H2. The van der Waals surface area contributed by atoms with Crippen LogP contribution in [0.2, 0.25) is 0 Å². The molecule has 2 rings (SSSR count). The van der Waals surface area contributed by atoms with Gasteiger partial charge in [0.15, 0.2) is 0 Å². The summed E-state index contributed by atoms with van der Waals surface area (Å²) in [5.74, 6) is 0. The Kier molecular flexibility index (Phi) is 1.21. The van der Waals surface area contributed by atoms with E-state index < -0.39 is 0 Å². The Labute approximate surface area is 64.4 Å². The highest BCUT2D eigenvalue weighted by atomic mass is 32.2. The van der Waals surface area contributed by atoms with E-state index in [0.29, 0.717) is 0 Å². The summed E-state index contributed by atoms with van der Waals surface area (Å²) in [6.45, 7) is 3.89. The fourth-order valence-electron chi connectivity index (χ4n) is 0.965. The van der Waals surface area contributed by atoms with Crippen molar-refractivity contribution in [2.24, 2.45) is 0 Å². The summed E-state index contributed by atoms with van der Waals surface area (Å²) in [5.41, 5.74) is 1.22. The molecule has 0 saturated heterocycles. The van der Waals surface area contributed by atoms with Crippen LogP contribution in [0.25, 0.3) is 0 Å². The first kappa shape index (κ1) is 5.86. The van der Waals surface area contributed by atoms with E-state index in [1.54, 1.807) is 11.8 Å². The molecular weight excluding hydrogens is 142 g/mol. The zero-order valence-electron chi connectivity index (χ0n) is 5.45. The van der Waals surface area contributed by atoms with Gasteiger partial charge >= 0.3 is 0 Å². The van der Waals surface area contributed by atoms with Crippen LogP contribution in [-0.4, -0.2) is 4.90 Å². The lowest BCUT2D eigenvalue weighted by molar-refractivity contribution is 0.644. The van der Waals surface area contributed by atoms with Crippen LogP contribution in [0, 0.1) is 0 Å². The minimum absolute atomic E-state index is 1.08. The number of allylic oxidation sites excluding steroid dienone is 3. The summed E-state index contributed by atoms with van der Waals surface area (Å²) in [6.07, 6.45) is 8.13. The van der Waals surface area contributed by atoms with Gasteiger partial charge < -0.3 is 4.90 Å². The second-order valence-corrected chi connectivity index (χ2v) is 3.07. The maximum Gasteiger partial charge on any atom is 0.0763 e. The predicted octanol–water partition coefficient (Wildman–Crippen LogP) is 2.43. The van der Waals surface area contributed by atoms with Gasteiger partial charge in [-0.05, 0) is 12.2 Å². The minimum atomic E-state index is 1.08. The molecule has 0 aliphatic carbocycles. The van der Waals surface area contributed by atoms with Crippen molar-refractivity contribution in [2.45, 2.75) is 0 Å². The average molecular weight is 149 g/mol. The predicted molar refractivity (Wildman–Crippen MR) is 44.9 cm³/mol. The minimum Gasteiger partial charge on any atom is -0.311 e. The number of rotatable bonds is 0. The lowest BCUT2D eigenvalue weighted by Crippen LogP contribution is -2.08. The molecule has 0 aromatic carbocycles.